The van der Waals surface area contributed by atoms with E-state index in [1.807, 2.05) is 0 Å². The van der Waals surface area contributed by atoms with Crippen LogP contribution in [0.3, 0.4) is 0 Å². The van der Waals surface area contributed by atoms with Gasteiger partial charge in [-0.3, -0.25) is 9.59 Å². The summed E-state index contributed by atoms with van der Waals surface area (Å²) in [5.41, 5.74) is 0.358. The van der Waals surface area contributed by atoms with Crippen molar-refractivity contribution < 1.29 is 18.4 Å². The van der Waals surface area contributed by atoms with E-state index in [1.54, 1.807) is 6.07 Å². The first-order valence-electron chi connectivity index (χ1n) is 5.48. The third kappa shape index (κ3) is 3.19. The first-order valence-corrected chi connectivity index (χ1v) is 5.48. The topological polar surface area (TPSA) is 71.3 Å². The molecule has 0 unspecified atom stereocenters. The van der Waals surface area contributed by atoms with Crippen molar-refractivity contribution in [2.75, 3.05) is 10.6 Å². The Morgan fingerprint density at radius 1 is 1.21 bits per heavy atom. The highest BCUT2D eigenvalue weighted by Crippen LogP contribution is 2.20. The van der Waals surface area contributed by atoms with Crippen LogP contribution >= 0.6 is 0 Å². The van der Waals surface area contributed by atoms with Crippen LogP contribution in [0.4, 0.5) is 15.8 Å². The molecule has 0 atom stereocenters. The lowest BCUT2D eigenvalue weighted by Gasteiger charge is -2.08. The Morgan fingerprint density at radius 2 is 2.00 bits per heavy atom. The van der Waals surface area contributed by atoms with Crippen molar-refractivity contribution >= 4 is 23.2 Å². The van der Waals surface area contributed by atoms with Gasteiger partial charge in [0.1, 0.15) is 5.82 Å². The van der Waals surface area contributed by atoms with E-state index in [4.69, 9.17) is 4.42 Å². The fourth-order valence-electron chi connectivity index (χ4n) is 1.49. The van der Waals surface area contributed by atoms with Gasteiger partial charge in [-0.2, -0.15) is 0 Å². The van der Waals surface area contributed by atoms with Gasteiger partial charge in [-0.15, -0.1) is 0 Å². The number of amides is 2. The summed E-state index contributed by atoms with van der Waals surface area (Å²) >= 11 is 0. The molecule has 0 saturated carbocycles. The molecular weight excluding hydrogens is 251 g/mol. The van der Waals surface area contributed by atoms with Crippen molar-refractivity contribution in [1.82, 2.24) is 0 Å². The van der Waals surface area contributed by atoms with Crippen LogP contribution in [0.5, 0.6) is 0 Å². The SMILES string of the molecule is CC(=O)Nc1ccc(F)c(NC(=O)c2ccco2)c1. The second-order valence-electron chi connectivity index (χ2n) is 3.81. The Bertz CT molecular complexity index is 608. The van der Waals surface area contributed by atoms with Crippen molar-refractivity contribution in [3.05, 3.63) is 48.2 Å². The van der Waals surface area contributed by atoms with Crippen molar-refractivity contribution in [2.45, 2.75) is 6.92 Å². The molecule has 0 spiro atoms. The summed E-state index contributed by atoms with van der Waals surface area (Å²) < 4.78 is 18.4. The van der Waals surface area contributed by atoms with Gasteiger partial charge in [0.2, 0.25) is 5.91 Å². The molecule has 0 bridgehead atoms. The molecule has 0 aliphatic rings. The highest BCUT2D eigenvalue weighted by Gasteiger charge is 2.12. The maximum atomic E-state index is 13.6. The van der Waals surface area contributed by atoms with Gasteiger partial charge >= 0.3 is 0 Å². The molecule has 6 heteroatoms. The number of halogens is 1. The summed E-state index contributed by atoms with van der Waals surface area (Å²) in [7, 11) is 0. The standard InChI is InChI=1S/C13H11FN2O3/c1-8(17)15-9-4-5-10(14)11(7-9)16-13(18)12-3-2-6-19-12/h2-7H,1H3,(H,15,17)(H,16,18). The molecule has 5 nitrogen and oxygen atoms in total. The predicted octanol–water partition coefficient (Wildman–Crippen LogP) is 2.63. The zero-order valence-electron chi connectivity index (χ0n) is 10.1. The molecule has 2 aromatic rings. The minimum absolute atomic E-state index is 0.0346. The van der Waals surface area contributed by atoms with Gasteiger partial charge < -0.3 is 15.1 Å². The predicted molar refractivity (Wildman–Crippen MR) is 67.4 cm³/mol. The first-order chi connectivity index (χ1) is 9.06. The molecule has 1 aromatic carbocycles. The summed E-state index contributed by atoms with van der Waals surface area (Å²) in [5, 5.41) is 4.87. The Labute approximate surface area is 108 Å². The number of benzene rings is 1. The smallest absolute Gasteiger partial charge is 0.291 e. The van der Waals surface area contributed by atoms with Crippen LogP contribution in [-0.4, -0.2) is 11.8 Å². The fraction of sp³-hybridized carbons (Fsp3) is 0.0769. The number of hydrogen-bond donors (Lipinski definition) is 2. The van der Waals surface area contributed by atoms with Crippen molar-refractivity contribution in [3.63, 3.8) is 0 Å². The average molecular weight is 262 g/mol. The van der Waals surface area contributed by atoms with Crippen LogP contribution < -0.4 is 10.6 Å². The minimum atomic E-state index is -0.603. The molecule has 0 radical (unpaired) electrons. The van der Waals surface area contributed by atoms with Gasteiger partial charge in [0, 0.05) is 12.6 Å². The second kappa shape index (κ2) is 5.34. The number of carbonyl (C=O) groups excluding carboxylic acids is 2. The third-order valence-corrected chi connectivity index (χ3v) is 2.28. The molecule has 0 saturated heterocycles. The summed E-state index contributed by atoms with van der Waals surface area (Å²) in [6.07, 6.45) is 1.35. The highest BCUT2D eigenvalue weighted by molar-refractivity contribution is 6.02. The van der Waals surface area contributed by atoms with Crippen LogP contribution in [0.25, 0.3) is 0 Å². The van der Waals surface area contributed by atoms with Crippen molar-refractivity contribution in [1.29, 1.82) is 0 Å². The number of rotatable bonds is 3. The van der Waals surface area contributed by atoms with Gasteiger partial charge in [-0.25, -0.2) is 4.39 Å². The molecule has 98 valence electrons. The Balaban J connectivity index is 2.19. The second-order valence-corrected chi connectivity index (χ2v) is 3.81. The Hall–Kier alpha value is -2.63. The van der Waals surface area contributed by atoms with Gasteiger partial charge in [0.05, 0.1) is 12.0 Å². The number of furan rings is 1. The maximum Gasteiger partial charge on any atom is 0.291 e. The number of nitrogens with one attached hydrogen (secondary N) is 2. The molecule has 2 rings (SSSR count). The van der Waals surface area contributed by atoms with Crippen LogP contribution in [-0.2, 0) is 4.79 Å². The first kappa shape index (κ1) is 12.8. The lowest BCUT2D eigenvalue weighted by atomic mass is 10.2. The summed E-state index contributed by atoms with van der Waals surface area (Å²) in [6, 6.07) is 6.91. The van der Waals surface area contributed by atoms with Crippen LogP contribution in [0.15, 0.2) is 41.0 Å². The zero-order chi connectivity index (χ0) is 13.8. The van der Waals surface area contributed by atoms with Gasteiger partial charge in [0.25, 0.3) is 5.91 Å². The summed E-state index contributed by atoms with van der Waals surface area (Å²) in [5.74, 6) is -1.38. The third-order valence-electron chi connectivity index (χ3n) is 2.28. The monoisotopic (exact) mass is 262 g/mol. The summed E-state index contributed by atoms with van der Waals surface area (Å²) in [4.78, 5) is 22.6. The van der Waals surface area contributed by atoms with E-state index in [9.17, 15) is 14.0 Å². The maximum absolute atomic E-state index is 13.6. The van der Waals surface area contributed by atoms with Crippen LogP contribution in [0.2, 0.25) is 0 Å². The molecule has 2 amide bonds. The van der Waals surface area contributed by atoms with E-state index in [1.165, 1.54) is 31.4 Å². The zero-order valence-corrected chi connectivity index (χ0v) is 10.1. The van der Waals surface area contributed by atoms with Gasteiger partial charge in [0.15, 0.2) is 5.76 Å². The minimum Gasteiger partial charge on any atom is -0.459 e. The molecule has 1 aromatic heterocycles. The molecule has 0 aliphatic heterocycles. The van der Waals surface area contributed by atoms with E-state index < -0.39 is 11.7 Å². The summed E-state index contributed by atoms with van der Waals surface area (Å²) in [6.45, 7) is 1.34. The van der Waals surface area contributed by atoms with Crippen LogP contribution in [0.1, 0.15) is 17.5 Å². The number of hydrogen-bond acceptors (Lipinski definition) is 3. The molecule has 0 aliphatic carbocycles. The highest BCUT2D eigenvalue weighted by atomic mass is 19.1. The normalized spacial score (nSPS) is 10.0. The van der Waals surface area contributed by atoms with E-state index in [2.05, 4.69) is 10.6 Å². The molecular formula is C13H11FN2O3. The largest absolute Gasteiger partial charge is 0.459 e. The van der Waals surface area contributed by atoms with Gasteiger partial charge in [-0.05, 0) is 30.3 Å². The Morgan fingerprint density at radius 3 is 2.63 bits per heavy atom. The lowest BCUT2D eigenvalue weighted by molar-refractivity contribution is -0.114. The van der Waals surface area contributed by atoms with E-state index in [0.29, 0.717) is 5.69 Å². The fourth-order valence-corrected chi connectivity index (χ4v) is 1.49. The quantitative estimate of drug-likeness (QED) is 0.893. The average Bonchev–Trinajstić information content (AvgIpc) is 2.86. The molecule has 1 heterocycles. The lowest BCUT2D eigenvalue weighted by Crippen LogP contribution is -2.13. The van der Waals surface area contributed by atoms with Crippen LogP contribution in [0, 0.1) is 5.82 Å². The van der Waals surface area contributed by atoms with E-state index >= 15 is 0 Å². The van der Waals surface area contributed by atoms with Crippen molar-refractivity contribution in [3.8, 4) is 0 Å². The van der Waals surface area contributed by atoms with Crippen molar-refractivity contribution in [2.24, 2.45) is 0 Å². The van der Waals surface area contributed by atoms with E-state index in [-0.39, 0.29) is 17.4 Å². The Kier molecular flexibility index (Phi) is 3.61. The number of anilines is 2. The molecule has 2 N–H and O–H groups in total. The van der Waals surface area contributed by atoms with Gasteiger partial charge in [-0.1, -0.05) is 0 Å². The number of carbonyl (C=O) groups is 2. The molecule has 19 heavy (non-hydrogen) atoms. The van der Waals surface area contributed by atoms with E-state index in [0.717, 1.165) is 6.07 Å². The molecule has 0 fully saturated rings.